The molecule has 11 heavy (non-hydrogen) atoms. The fraction of sp³-hybridized carbons (Fsp3) is 0.875. The van der Waals surface area contributed by atoms with Crippen molar-refractivity contribution in [1.29, 1.82) is 0 Å². The average molecular weight is 179 g/mol. The molecular formula is C8H15ClO2. The third-order valence-electron chi connectivity index (χ3n) is 1.55. The van der Waals surface area contributed by atoms with Gasteiger partial charge in [0.2, 0.25) is 0 Å². The Morgan fingerprint density at radius 3 is 2.45 bits per heavy atom. The van der Waals surface area contributed by atoms with E-state index in [1.54, 1.807) is 6.92 Å². The third kappa shape index (κ3) is 3.61. The van der Waals surface area contributed by atoms with E-state index in [1.165, 1.54) is 0 Å². The minimum Gasteiger partial charge on any atom is -0.466 e. The van der Waals surface area contributed by atoms with E-state index >= 15 is 0 Å². The van der Waals surface area contributed by atoms with Crippen LogP contribution >= 0.6 is 11.6 Å². The largest absolute Gasteiger partial charge is 0.466 e. The molecule has 0 saturated carbocycles. The number of rotatable bonds is 4. The summed E-state index contributed by atoms with van der Waals surface area (Å²) < 4.78 is 4.86. The lowest BCUT2D eigenvalue weighted by Crippen LogP contribution is -2.27. The number of ether oxygens (including phenoxy) is 1. The van der Waals surface area contributed by atoms with Crippen LogP contribution in [0.1, 0.15) is 27.2 Å². The highest BCUT2D eigenvalue weighted by atomic mass is 35.5. The summed E-state index contributed by atoms with van der Waals surface area (Å²) in [5.74, 6) is 0.326. The van der Waals surface area contributed by atoms with Gasteiger partial charge in [0, 0.05) is 5.88 Å². The molecule has 0 aromatic rings. The Morgan fingerprint density at radius 1 is 1.55 bits per heavy atom. The Balaban J connectivity index is 3.94. The lowest BCUT2D eigenvalue weighted by atomic mass is 9.90. The Kier molecular flexibility index (Phi) is 4.50. The van der Waals surface area contributed by atoms with Gasteiger partial charge in [0.05, 0.1) is 12.0 Å². The van der Waals surface area contributed by atoms with Crippen molar-refractivity contribution < 1.29 is 9.53 Å². The molecule has 0 spiro atoms. The molecule has 0 bridgehead atoms. The van der Waals surface area contributed by atoms with Crippen LogP contribution in [0.15, 0.2) is 0 Å². The van der Waals surface area contributed by atoms with Crippen LogP contribution in [0.4, 0.5) is 0 Å². The number of halogens is 1. The lowest BCUT2D eigenvalue weighted by Gasteiger charge is -2.20. The molecule has 0 radical (unpaired) electrons. The van der Waals surface area contributed by atoms with E-state index in [-0.39, 0.29) is 5.97 Å². The third-order valence-corrected chi connectivity index (χ3v) is 1.74. The van der Waals surface area contributed by atoms with Gasteiger partial charge in [0.15, 0.2) is 0 Å². The highest BCUT2D eigenvalue weighted by molar-refractivity contribution is 6.18. The molecule has 66 valence electrons. The van der Waals surface area contributed by atoms with Gasteiger partial charge >= 0.3 is 5.97 Å². The highest BCUT2D eigenvalue weighted by Gasteiger charge is 2.27. The minimum absolute atomic E-state index is 0.166. The summed E-state index contributed by atoms with van der Waals surface area (Å²) in [4.78, 5) is 11.2. The van der Waals surface area contributed by atoms with Crippen molar-refractivity contribution >= 4 is 17.6 Å². The van der Waals surface area contributed by atoms with Crippen molar-refractivity contribution in [3.63, 3.8) is 0 Å². The molecular weight excluding hydrogens is 164 g/mol. The van der Waals surface area contributed by atoms with E-state index < -0.39 is 5.41 Å². The first kappa shape index (κ1) is 10.8. The van der Waals surface area contributed by atoms with Crippen LogP contribution in [0.3, 0.4) is 0 Å². The van der Waals surface area contributed by atoms with Crippen molar-refractivity contribution in [2.45, 2.75) is 27.2 Å². The van der Waals surface area contributed by atoms with Gasteiger partial charge in [-0.2, -0.15) is 0 Å². The highest BCUT2D eigenvalue weighted by Crippen LogP contribution is 2.22. The zero-order chi connectivity index (χ0) is 8.91. The van der Waals surface area contributed by atoms with Crippen molar-refractivity contribution in [2.75, 3.05) is 12.5 Å². The molecule has 0 amide bonds. The molecule has 0 aromatic heterocycles. The fourth-order valence-corrected chi connectivity index (χ4v) is 1.14. The summed E-state index contributed by atoms with van der Waals surface area (Å²) >= 11 is 5.52. The maximum atomic E-state index is 11.2. The van der Waals surface area contributed by atoms with Crippen molar-refractivity contribution in [3.8, 4) is 0 Å². The average Bonchev–Trinajstić information content (AvgIpc) is 1.88. The predicted octanol–water partition coefficient (Wildman–Crippen LogP) is 2.20. The van der Waals surface area contributed by atoms with Gasteiger partial charge in [-0.1, -0.05) is 0 Å². The Labute approximate surface area is 72.9 Å². The molecule has 0 aliphatic carbocycles. The van der Waals surface area contributed by atoms with Gasteiger partial charge in [-0.25, -0.2) is 0 Å². The molecule has 0 aliphatic heterocycles. The zero-order valence-electron chi connectivity index (χ0n) is 7.32. The van der Waals surface area contributed by atoms with E-state index in [0.717, 1.165) is 0 Å². The summed E-state index contributed by atoms with van der Waals surface area (Å²) in [5, 5.41) is 0. The molecule has 0 heterocycles. The first-order chi connectivity index (χ1) is 5.04. The molecule has 0 fully saturated rings. The molecule has 0 atom stereocenters. The van der Waals surface area contributed by atoms with Crippen LogP contribution in [0.2, 0.25) is 0 Å². The van der Waals surface area contributed by atoms with E-state index in [4.69, 9.17) is 16.3 Å². The SMILES string of the molecule is CCOC(=O)C(C)(C)CCCl. The summed E-state index contributed by atoms with van der Waals surface area (Å²) in [6.45, 7) is 5.92. The number of esters is 1. The molecule has 0 aliphatic rings. The standard InChI is InChI=1S/C8H15ClO2/c1-4-11-7(10)8(2,3)5-6-9/h4-6H2,1-3H3. The maximum absolute atomic E-state index is 11.2. The van der Waals surface area contributed by atoms with Gasteiger partial charge in [0.1, 0.15) is 0 Å². The maximum Gasteiger partial charge on any atom is 0.311 e. The molecule has 2 nitrogen and oxygen atoms in total. The van der Waals surface area contributed by atoms with Crippen LogP contribution in [0.5, 0.6) is 0 Å². The number of hydrogen-bond acceptors (Lipinski definition) is 2. The fourth-order valence-electron chi connectivity index (χ4n) is 0.665. The van der Waals surface area contributed by atoms with Crippen LogP contribution in [-0.4, -0.2) is 18.5 Å². The number of carbonyl (C=O) groups excluding carboxylic acids is 1. The second-order valence-electron chi connectivity index (χ2n) is 3.04. The molecule has 0 aromatic carbocycles. The van der Waals surface area contributed by atoms with Crippen molar-refractivity contribution in [1.82, 2.24) is 0 Å². The van der Waals surface area contributed by atoms with Crippen LogP contribution in [0, 0.1) is 5.41 Å². The second-order valence-corrected chi connectivity index (χ2v) is 3.42. The lowest BCUT2D eigenvalue weighted by molar-refractivity contribution is -0.153. The predicted molar refractivity (Wildman–Crippen MR) is 45.8 cm³/mol. The molecule has 0 unspecified atom stereocenters. The van der Waals surface area contributed by atoms with E-state index in [2.05, 4.69) is 0 Å². The normalized spacial score (nSPS) is 11.3. The number of carbonyl (C=O) groups is 1. The van der Waals surface area contributed by atoms with Crippen molar-refractivity contribution in [2.24, 2.45) is 5.41 Å². The van der Waals surface area contributed by atoms with Gasteiger partial charge in [0.25, 0.3) is 0 Å². The Morgan fingerprint density at radius 2 is 2.09 bits per heavy atom. The van der Waals surface area contributed by atoms with Gasteiger partial charge in [-0.3, -0.25) is 4.79 Å². The van der Waals surface area contributed by atoms with Crippen LogP contribution in [0.25, 0.3) is 0 Å². The monoisotopic (exact) mass is 178 g/mol. The van der Waals surface area contributed by atoms with Gasteiger partial charge < -0.3 is 4.74 Å². The molecule has 3 heteroatoms. The van der Waals surface area contributed by atoms with Crippen LogP contribution in [-0.2, 0) is 9.53 Å². The number of alkyl halides is 1. The van der Waals surface area contributed by atoms with Crippen LogP contribution < -0.4 is 0 Å². The van der Waals surface area contributed by atoms with Gasteiger partial charge in [-0.15, -0.1) is 11.6 Å². The zero-order valence-corrected chi connectivity index (χ0v) is 8.07. The molecule has 0 N–H and O–H groups in total. The number of hydrogen-bond donors (Lipinski definition) is 0. The molecule has 0 saturated heterocycles. The van der Waals surface area contributed by atoms with E-state index in [1.807, 2.05) is 13.8 Å². The summed E-state index contributed by atoms with van der Waals surface area (Å²) in [7, 11) is 0. The Bertz CT molecular complexity index is 132. The smallest absolute Gasteiger partial charge is 0.311 e. The summed E-state index contributed by atoms with van der Waals surface area (Å²) in [6, 6.07) is 0. The van der Waals surface area contributed by atoms with E-state index in [9.17, 15) is 4.79 Å². The Hall–Kier alpha value is -0.240. The first-order valence-electron chi connectivity index (χ1n) is 3.77. The minimum atomic E-state index is -0.433. The second kappa shape index (κ2) is 4.60. The topological polar surface area (TPSA) is 26.3 Å². The summed E-state index contributed by atoms with van der Waals surface area (Å²) in [6.07, 6.45) is 0.660. The van der Waals surface area contributed by atoms with Crippen molar-refractivity contribution in [3.05, 3.63) is 0 Å². The van der Waals surface area contributed by atoms with Gasteiger partial charge in [-0.05, 0) is 27.2 Å². The first-order valence-corrected chi connectivity index (χ1v) is 4.31. The van der Waals surface area contributed by atoms with E-state index in [0.29, 0.717) is 18.9 Å². The molecule has 0 rings (SSSR count). The summed E-state index contributed by atoms with van der Waals surface area (Å²) in [5.41, 5.74) is -0.433. The quantitative estimate of drug-likeness (QED) is 0.488.